The number of fused-ring (bicyclic) bond motifs is 1. The highest BCUT2D eigenvalue weighted by Crippen LogP contribution is 2.34. The van der Waals surface area contributed by atoms with E-state index in [2.05, 4.69) is 20.6 Å². The number of halogens is 2. The van der Waals surface area contributed by atoms with Gasteiger partial charge in [-0.05, 0) is 30.3 Å². The van der Waals surface area contributed by atoms with Crippen molar-refractivity contribution >= 4 is 57.5 Å². The topological polar surface area (TPSA) is 84.3 Å². The summed E-state index contributed by atoms with van der Waals surface area (Å²) in [4.78, 5) is 24.1. The van der Waals surface area contributed by atoms with Crippen LogP contribution in [-0.2, 0) is 13.6 Å². The number of aryl methyl sites for hydroxylation is 1. The fourth-order valence-corrected chi connectivity index (χ4v) is 4.13. The van der Waals surface area contributed by atoms with E-state index in [-0.39, 0.29) is 12.5 Å². The molecular weight excluding hydrogens is 475 g/mol. The molecule has 0 radical (unpaired) electrons. The van der Waals surface area contributed by atoms with Gasteiger partial charge in [0.25, 0.3) is 5.91 Å². The molecule has 4 rings (SSSR count). The Morgan fingerprint density at radius 1 is 1.15 bits per heavy atom. The maximum atomic E-state index is 13.1. The van der Waals surface area contributed by atoms with Crippen LogP contribution in [0.25, 0.3) is 11.0 Å². The van der Waals surface area contributed by atoms with E-state index in [0.717, 1.165) is 16.9 Å². The molecule has 176 valence electrons. The molecule has 0 aliphatic rings. The lowest BCUT2D eigenvalue weighted by molar-refractivity contribution is 0.0947. The lowest BCUT2D eigenvalue weighted by Crippen LogP contribution is -2.25. The number of carbonyl (C=O) groups excluding carboxylic acids is 1. The van der Waals surface area contributed by atoms with Crippen LogP contribution in [-0.4, -0.2) is 41.6 Å². The summed E-state index contributed by atoms with van der Waals surface area (Å²) in [6, 6.07) is 12.6. The van der Waals surface area contributed by atoms with Gasteiger partial charge in [-0.3, -0.25) is 9.78 Å². The molecule has 2 heterocycles. The predicted octanol–water partition coefficient (Wildman–Crippen LogP) is 5.02. The minimum atomic E-state index is -0.289. The molecular formula is C24H24Cl2N6O2. The number of ether oxygens (including phenoxy) is 1. The second kappa shape index (κ2) is 9.79. The summed E-state index contributed by atoms with van der Waals surface area (Å²) in [6.07, 6.45) is 1.70. The minimum Gasteiger partial charge on any atom is -0.496 e. The zero-order valence-electron chi connectivity index (χ0n) is 19.2. The summed E-state index contributed by atoms with van der Waals surface area (Å²) in [5, 5.41) is 7.07. The molecule has 0 saturated heterocycles. The highest BCUT2D eigenvalue weighted by molar-refractivity contribution is 6.39. The number of amides is 1. The molecule has 2 N–H and O–H groups in total. The molecule has 8 nitrogen and oxygen atoms in total. The Morgan fingerprint density at radius 3 is 2.56 bits per heavy atom. The van der Waals surface area contributed by atoms with Crippen molar-refractivity contribution in [2.75, 3.05) is 31.4 Å². The number of hydrogen-bond acceptors (Lipinski definition) is 6. The average Bonchev–Trinajstić information content (AvgIpc) is 3.13. The van der Waals surface area contributed by atoms with Crippen LogP contribution in [0.4, 0.5) is 17.3 Å². The summed E-state index contributed by atoms with van der Waals surface area (Å²) >= 11 is 12.6. The lowest BCUT2D eigenvalue weighted by Gasteiger charge is -2.17. The zero-order valence-corrected chi connectivity index (χ0v) is 20.7. The number of benzene rings is 2. The van der Waals surface area contributed by atoms with Gasteiger partial charge in [0.05, 0.1) is 57.4 Å². The van der Waals surface area contributed by atoms with Crippen LogP contribution in [0.15, 0.2) is 48.7 Å². The van der Waals surface area contributed by atoms with Crippen LogP contribution in [0.3, 0.4) is 0 Å². The third-order valence-corrected chi connectivity index (χ3v) is 6.04. The summed E-state index contributed by atoms with van der Waals surface area (Å²) in [5.74, 6) is 0.668. The Labute approximate surface area is 207 Å². The first-order chi connectivity index (χ1) is 16.3. The van der Waals surface area contributed by atoms with Crippen LogP contribution >= 0.6 is 23.2 Å². The second-order valence-electron chi connectivity index (χ2n) is 7.80. The molecule has 4 aromatic rings. The number of carbonyl (C=O) groups is 1. The molecule has 34 heavy (non-hydrogen) atoms. The van der Waals surface area contributed by atoms with E-state index < -0.39 is 0 Å². The van der Waals surface area contributed by atoms with Crippen LogP contribution < -0.4 is 20.3 Å². The van der Waals surface area contributed by atoms with Gasteiger partial charge < -0.3 is 24.8 Å². The maximum absolute atomic E-state index is 13.1. The van der Waals surface area contributed by atoms with Crippen molar-refractivity contribution in [3.63, 3.8) is 0 Å². The van der Waals surface area contributed by atoms with Gasteiger partial charge in [-0.2, -0.15) is 0 Å². The SMILES string of the molecule is COc1cc2c(cc1C(=O)NCc1ncccc1N(C)C)nc(Nc1c(Cl)cccc1Cl)n2C. The Morgan fingerprint density at radius 2 is 1.88 bits per heavy atom. The molecule has 0 aliphatic carbocycles. The molecule has 2 aromatic heterocycles. The van der Waals surface area contributed by atoms with E-state index in [1.807, 2.05) is 42.7 Å². The average molecular weight is 499 g/mol. The van der Waals surface area contributed by atoms with Crippen molar-refractivity contribution in [3.8, 4) is 5.75 Å². The lowest BCUT2D eigenvalue weighted by atomic mass is 10.1. The van der Waals surface area contributed by atoms with E-state index in [1.54, 1.807) is 36.5 Å². The largest absolute Gasteiger partial charge is 0.496 e. The van der Waals surface area contributed by atoms with Gasteiger partial charge in [0.1, 0.15) is 5.75 Å². The van der Waals surface area contributed by atoms with Gasteiger partial charge in [0.2, 0.25) is 5.95 Å². The number of pyridine rings is 1. The van der Waals surface area contributed by atoms with E-state index >= 15 is 0 Å². The molecule has 0 spiro atoms. The molecule has 1 amide bonds. The maximum Gasteiger partial charge on any atom is 0.255 e. The minimum absolute atomic E-state index is 0.272. The van der Waals surface area contributed by atoms with Gasteiger partial charge in [-0.15, -0.1) is 0 Å². The first-order valence-electron chi connectivity index (χ1n) is 10.4. The third kappa shape index (κ3) is 4.60. The van der Waals surface area contributed by atoms with E-state index in [0.29, 0.717) is 38.5 Å². The first kappa shape index (κ1) is 23.7. The standard InChI is InChI=1S/C24H24Cl2N6O2/c1-31(2)19-9-6-10-27-18(19)13-28-23(33)14-11-17-20(12-21(14)34-4)32(3)24(29-17)30-22-15(25)7-5-8-16(22)26/h5-12H,13H2,1-4H3,(H,28,33)(H,29,30). The second-order valence-corrected chi connectivity index (χ2v) is 8.62. The molecule has 10 heteroatoms. The Balaban J connectivity index is 1.64. The summed E-state index contributed by atoms with van der Waals surface area (Å²) in [6.45, 7) is 0.272. The van der Waals surface area contributed by atoms with Crippen molar-refractivity contribution in [2.45, 2.75) is 6.54 Å². The summed E-state index contributed by atoms with van der Waals surface area (Å²) in [7, 11) is 7.24. The zero-order chi connectivity index (χ0) is 24.4. The van der Waals surface area contributed by atoms with E-state index in [9.17, 15) is 4.79 Å². The first-order valence-corrected chi connectivity index (χ1v) is 11.2. The Hall–Kier alpha value is -3.49. The molecule has 0 fully saturated rings. The highest BCUT2D eigenvalue weighted by atomic mass is 35.5. The quantitative estimate of drug-likeness (QED) is 0.372. The van der Waals surface area contributed by atoms with E-state index in [4.69, 9.17) is 27.9 Å². The van der Waals surface area contributed by atoms with Crippen molar-refractivity contribution in [2.24, 2.45) is 7.05 Å². The molecule has 0 saturated carbocycles. The number of nitrogens with one attached hydrogen (secondary N) is 2. The van der Waals surface area contributed by atoms with Crippen molar-refractivity contribution in [3.05, 3.63) is 70.0 Å². The number of nitrogens with zero attached hydrogens (tertiary/aromatic N) is 4. The number of hydrogen-bond donors (Lipinski definition) is 2. The number of methoxy groups -OCH3 is 1. The normalized spacial score (nSPS) is 10.9. The van der Waals surface area contributed by atoms with Gasteiger partial charge in [0, 0.05) is 33.4 Å². The van der Waals surface area contributed by atoms with E-state index in [1.165, 1.54) is 7.11 Å². The number of para-hydroxylation sites is 1. The number of anilines is 3. The van der Waals surface area contributed by atoms with Crippen LogP contribution in [0.5, 0.6) is 5.75 Å². The summed E-state index contributed by atoms with van der Waals surface area (Å²) in [5.41, 5.74) is 4.02. The molecule has 0 atom stereocenters. The van der Waals surface area contributed by atoms with Gasteiger partial charge in [-0.1, -0.05) is 29.3 Å². The number of imidazole rings is 1. The molecule has 0 bridgehead atoms. The summed E-state index contributed by atoms with van der Waals surface area (Å²) < 4.78 is 7.36. The number of aromatic nitrogens is 3. The molecule has 0 aliphatic heterocycles. The van der Waals surface area contributed by atoms with Crippen LogP contribution in [0.2, 0.25) is 10.0 Å². The van der Waals surface area contributed by atoms with Crippen LogP contribution in [0.1, 0.15) is 16.1 Å². The smallest absolute Gasteiger partial charge is 0.255 e. The fourth-order valence-electron chi connectivity index (χ4n) is 3.64. The predicted molar refractivity (Wildman–Crippen MR) is 137 cm³/mol. The monoisotopic (exact) mass is 498 g/mol. The number of rotatable bonds is 7. The Bertz CT molecular complexity index is 1350. The van der Waals surface area contributed by atoms with Gasteiger partial charge >= 0.3 is 0 Å². The highest BCUT2D eigenvalue weighted by Gasteiger charge is 2.19. The fraction of sp³-hybridized carbons (Fsp3) is 0.208. The Kier molecular flexibility index (Phi) is 6.81. The van der Waals surface area contributed by atoms with Gasteiger partial charge in [-0.25, -0.2) is 4.98 Å². The van der Waals surface area contributed by atoms with Gasteiger partial charge in [0.15, 0.2) is 0 Å². The van der Waals surface area contributed by atoms with Crippen LogP contribution in [0, 0.1) is 0 Å². The van der Waals surface area contributed by atoms with Crippen molar-refractivity contribution in [1.82, 2.24) is 19.9 Å². The van der Waals surface area contributed by atoms with Crippen molar-refractivity contribution < 1.29 is 9.53 Å². The van der Waals surface area contributed by atoms with Crippen molar-refractivity contribution in [1.29, 1.82) is 0 Å². The molecule has 0 unspecified atom stereocenters. The molecule has 2 aromatic carbocycles. The third-order valence-electron chi connectivity index (χ3n) is 5.41.